The molecule has 1 heterocycles. The molecule has 0 radical (unpaired) electrons. The molecule has 0 amide bonds. The molecule has 0 bridgehead atoms. The summed E-state index contributed by atoms with van der Waals surface area (Å²) in [5.74, 6) is 0.289. The van der Waals surface area contributed by atoms with Crippen molar-refractivity contribution in [3.05, 3.63) is 24.3 Å². The first-order valence-corrected chi connectivity index (χ1v) is 4.73. The van der Waals surface area contributed by atoms with Gasteiger partial charge < -0.3 is 15.3 Å². The number of nitrogens with one attached hydrogen (secondary N) is 1. The van der Waals surface area contributed by atoms with Crippen molar-refractivity contribution in [3.63, 3.8) is 0 Å². The number of morpholine rings is 1. The summed E-state index contributed by atoms with van der Waals surface area (Å²) in [5, 5.41) is 11.2. The maximum Gasteiger partial charge on any atom is 0.115 e. The van der Waals surface area contributed by atoms with Crippen LogP contribution in [0.3, 0.4) is 0 Å². The van der Waals surface area contributed by atoms with Gasteiger partial charge in [-0.25, -0.2) is 5.01 Å². The predicted octanol–water partition coefficient (Wildman–Crippen LogP) is 1.05. The summed E-state index contributed by atoms with van der Waals surface area (Å²) < 4.78 is 5.23. The standard InChI is InChI=1S/C10H14N2O2/c13-10-3-1-9(2-4-10)11-12-5-7-14-8-6-12/h1-4,11,13H,5-8H2. The summed E-state index contributed by atoms with van der Waals surface area (Å²) in [6.45, 7) is 3.32. The van der Waals surface area contributed by atoms with Gasteiger partial charge in [0.25, 0.3) is 0 Å². The summed E-state index contributed by atoms with van der Waals surface area (Å²) in [6, 6.07) is 7.04. The molecule has 0 saturated carbocycles. The fourth-order valence-electron chi connectivity index (χ4n) is 1.39. The average Bonchev–Trinajstić information content (AvgIpc) is 2.23. The van der Waals surface area contributed by atoms with Gasteiger partial charge in [0.05, 0.1) is 13.2 Å². The van der Waals surface area contributed by atoms with E-state index in [-0.39, 0.29) is 5.75 Å². The Labute approximate surface area is 83.1 Å². The summed E-state index contributed by atoms with van der Waals surface area (Å²) in [6.07, 6.45) is 0. The number of hydrazine groups is 1. The Hall–Kier alpha value is -1.26. The van der Waals surface area contributed by atoms with Crippen LogP contribution >= 0.6 is 0 Å². The van der Waals surface area contributed by atoms with Gasteiger partial charge in [-0.2, -0.15) is 0 Å². The number of nitrogens with zero attached hydrogens (tertiary/aromatic N) is 1. The summed E-state index contributed by atoms with van der Waals surface area (Å²) in [7, 11) is 0. The minimum Gasteiger partial charge on any atom is -0.508 e. The van der Waals surface area contributed by atoms with E-state index >= 15 is 0 Å². The van der Waals surface area contributed by atoms with Crippen LogP contribution in [0.1, 0.15) is 0 Å². The largest absolute Gasteiger partial charge is 0.508 e. The Morgan fingerprint density at radius 3 is 2.43 bits per heavy atom. The van der Waals surface area contributed by atoms with Gasteiger partial charge in [-0.3, -0.25) is 0 Å². The maximum atomic E-state index is 9.10. The number of phenolic OH excluding ortho intramolecular Hbond substituents is 1. The SMILES string of the molecule is Oc1ccc(NN2CCOCC2)cc1. The fraction of sp³-hybridized carbons (Fsp3) is 0.400. The molecule has 2 rings (SSSR count). The number of hydrogen-bond acceptors (Lipinski definition) is 4. The van der Waals surface area contributed by atoms with Crippen molar-refractivity contribution in [1.29, 1.82) is 0 Å². The van der Waals surface area contributed by atoms with Crippen molar-refractivity contribution in [1.82, 2.24) is 5.01 Å². The van der Waals surface area contributed by atoms with Gasteiger partial charge in [0.1, 0.15) is 5.75 Å². The highest BCUT2D eigenvalue weighted by atomic mass is 16.5. The predicted molar refractivity (Wildman–Crippen MR) is 54.1 cm³/mol. The summed E-state index contributed by atoms with van der Waals surface area (Å²) in [4.78, 5) is 0. The quantitative estimate of drug-likeness (QED) is 0.691. The van der Waals surface area contributed by atoms with E-state index in [1.807, 2.05) is 12.1 Å². The molecule has 1 aromatic carbocycles. The number of ether oxygens (including phenoxy) is 1. The second kappa shape index (κ2) is 4.30. The summed E-state index contributed by atoms with van der Waals surface area (Å²) in [5.41, 5.74) is 4.24. The van der Waals surface area contributed by atoms with Crippen molar-refractivity contribution in [2.75, 3.05) is 31.7 Å². The average molecular weight is 194 g/mol. The fourth-order valence-corrected chi connectivity index (χ4v) is 1.39. The highest BCUT2D eigenvalue weighted by Crippen LogP contribution is 2.14. The number of rotatable bonds is 2. The van der Waals surface area contributed by atoms with Crippen molar-refractivity contribution in [2.45, 2.75) is 0 Å². The smallest absolute Gasteiger partial charge is 0.115 e. The van der Waals surface area contributed by atoms with E-state index in [4.69, 9.17) is 9.84 Å². The van der Waals surface area contributed by atoms with Crippen LogP contribution in [0.4, 0.5) is 5.69 Å². The Morgan fingerprint density at radius 2 is 1.79 bits per heavy atom. The Bertz CT molecular complexity index is 281. The van der Waals surface area contributed by atoms with Crippen LogP contribution in [0.5, 0.6) is 5.75 Å². The lowest BCUT2D eigenvalue weighted by Crippen LogP contribution is -2.40. The lowest BCUT2D eigenvalue weighted by atomic mass is 10.3. The minimum absolute atomic E-state index is 0.289. The van der Waals surface area contributed by atoms with Gasteiger partial charge >= 0.3 is 0 Å². The second-order valence-electron chi connectivity index (χ2n) is 3.26. The molecule has 1 aliphatic heterocycles. The molecule has 4 nitrogen and oxygen atoms in total. The van der Waals surface area contributed by atoms with Gasteiger partial charge in [0.15, 0.2) is 0 Å². The van der Waals surface area contributed by atoms with E-state index in [9.17, 15) is 0 Å². The molecule has 14 heavy (non-hydrogen) atoms. The topological polar surface area (TPSA) is 44.7 Å². The van der Waals surface area contributed by atoms with E-state index in [2.05, 4.69) is 10.4 Å². The van der Waals surface area contributed by atoms with Crippen molar-refractivity contribution >= 4 is 5.69 Å². The van der Waals surface area contributed by atoms with E-state index in [0.717, 1.165) is 32.0 Å². The van der Waals surface area contributed by atoms with Crippen molar-refractivity contribution < 1.29 is 9.84 Å². The first kappa shape index (κ1) is 9.30. The first-order valence-electron chi connectivity index (χ1n) is 4.73. The van der Waals surface area contributed by atoms with E-state index in [0.29, 0.717) is 0 Å². The van der Waals surface area contributed by atoms with Gasteiger partial charge in [-0.1, -0.05) is 0 Å². The van der Waals surface area contributed by atoms with Crippen LogP contribution in [-0.4, -0.2) is 36.4 Å². The molecule has 0 spiro atoms. The van der Waals surface area contributed by atoms with Gasteiger partial charge in [0.2, 0.25) is 0 Å². The van der Waals surface area contributed by atoms with Crippen molar-refractivity contribution in [3.8, 4) is 5.75 Å². The molecule has 1 aromatic rings. The van der Waals surface area contributed by atoms with Gasteiger partial charge in [0, 0.05) is 18.8 Å². The number of phenols is 1. The molecule has 0 aliphatic carbocycles. The molecule has 76 valence electrons. The third-order valence-corrected chi connectivity index (χ3v) is 2.17. The van der Waals surface area contributed by atoms with Crippen LogP contribution < -0.4 is 5.43 Å². The zero-order valence-electron chi connectivity index (χ0n) is 7.94. The first-order chi connectivity index (χ1) is 6.84. The molecule has 1 fully saturated rings. The molecule has 1 saturated heterocycles. The molecular formula is C10H14N2O2. The highest BCUT2D eigenvalue weighted by molar-refractivity contribution is 5.45. The Balaban J connectivity index is 1.92. The molecule has 2 N–H and O–H groups in total. The molecule has 1 aliphatic rings. The minimum atomic E-state index is 0.289. The Kier molecular flexibility index (Phi) is 2.86. The molecular weight excluding hydrogens is 180 g/mol. The van der Waals surface area contributed by atoms with Crippen LogP contribution in [0.15, 0.2) is 24.3 Å². The van der Waals surface area contributed by atoms with E-state index in [1.165, 1.54) is 0 Å². The lowest BCUT2D eigenvalue weighted by Gasteiger charge is -2.27. The monoisotopic (exact) mass is 194 g/mol. The zero-order valence-corrected chi connectivity index (χ0v) is 7.94. The van der Waals surface area contributed by atoms with Crippen LogP contribution in [0.25, 0.3) is 0 Å². The number of aromatic hydroxyl groups is 1. The van der Waals surface area contributed by atoms with Gasteiger partial charge in [-0.15, -0.1) is 0 Å². The number of benzene rings is 1. The number of hydrogen-bond donors (Lipinski definition) is 2. The third-order valence-electron chi connectivity index (χ3n) is 2.17. The normalized spacial score (nSPS) is 18.0. The second-order valence-corrected chi connectivity index (χ2v) is 3.26. The Morgan fingerprint density at radius 1 is 1.14 bits per heavy atom. The zero-order chi connectivity index (χ0) is 9.80. The van der Waals surface area contributed by atoms with Gasteiger partial charge in [-0.05, 0) is 24.3 Å². The maximum absolute atomic E-state index is 9.10. The van der Waals surface area contributed by atoms with Crippen LogP contribution in [0, 0.1) is 0 Å². The van der Waals surface area contributed by atoms with Crippen LogP contribution in [0.2, 0.25) is 0 Å². The summed E-state index contributed by atoms with van der Waals surface area (Å²) >= 11 is 0. The molecule has 0 atom stereocenters. The third kappa shape index (κ3) is 2.37. The van der Waals surface area contributed by atoms with E-state index < -0.39 is 0 Å². The van der Waals surface area contributed by atoms with Crippen molar-refractivity contribution in [2.24, 2.45) is 0 Å². The lowest BCUT2D eigenvalue weighted by molar-refractivity contribution is 0.0497. The molecule has 0 unspecified atom stereocenters. The molecule has 4 heteroatoms. The number of anilines is 1. The molecule has 0 aromatic heterocycles. The highest BCUT2D eigenvalue weighted by Gasteiger charge is 2.09. The van der Waals surface area contributed by atoms with Crippen LogP contribution in [-0.2, 0) is 4.74 Å². The van der Waals surface area contributed by atoms with E-state index in [1.54, 1.807) is 12.1 Å².